The number of rotatable bonds is 1. The van der Waals surface area contributed by atoms with Crippen molar-refractivity contribution in [3.05, 3.63) is 24.3 Å². The van der Waals surface area contributed by atoms with Crippen molar-refractivity contribution >= 4 is 17.5 Å². The third kappa shape index (κ3) is 2.26. The van der Waals surface area contributed by atoms with E-state index in [0.29, 0.717) is 11.5 Å². The van der Waals surface area contributed by atoms with E-state index < -0.39 is 6.10 Å². The van der Waals surface area contributed by atoms with Gasteiger partial charge >= 0.3 is 0 Å². The fraction of sp³-hybridized carbons (Fsp3) is 0.562. The van der Waals surface area contributed by atoms with Crippen LogP contribution in [0.5, 0.6) is 11.5 Å². The molecule has 3 heterocycles. The largest absolute Gasteiger partial charge is 0.485 e. The minimum atomic E-state index is -0.533. The molecule has 3 atom stereocenters. The number of alkyl halides is 1. The number of carbonyl (C=O) groups is 1. The van der Waals surface area contributed by atoms with Crippen molar-refractivity contribution in [1.82, 2.24) is 4.90 Å². The fourth-order valence-corrected chi connectivity index (χ4v) is 4.19. The quantitative estimate of drug-likeness (QED) is 0.749. The Kier molecular flexibility index (Phi) is 3.21. The van der Waals surface area contributed by atoms with Crippen molar-refractivity contribution in [3.8, 4) is 11.5 Å². The number of benzene rings is 1. The summed E-state index contributed by atoms with van der Waals surface area (Å²) in [6, 6.07) is 8.04. The molecule has 0 aromatic heterocycles. The van der Waals surface area contributed by atoms with Crippen LogP contribution in [-0.4, -0.2) is 41.0 Å². The van der Waals surface area contributed by atoms with Crippen LogP contribution in [0.1, 0.15) is 25.7 Å². The molecule has 0 aliphatic carbocycles. The molecule has 3 unspecified atom stereocenters. The van der Waals surface area contributed by atoms with Gasteiger partial charge in [0.15, 0.2) is 11.5 Å². The number of piperidine rings is 1. The highest BCUT2D eigenvalue weighted by Gasteiger charge is 2.45. The van der Waals surface area contributed by atoms with E-state index in [-0.39, 0.29) is 30.0 Å². The zero-order chi connectivity index (χ0) is 14.4. The van der Waals surface area contributed by atoms with Gasteiger partial charge in [0.05, 0.1) is 0 Å². The molecule has 4 rings (SSSR count). The van der Waals surface area contributed by atoms with Crippen molar-refractivity contribution in [2.45, 2.75) is 49.2 Å². The third-order valence-electron chi connectivity index (χ3n) is 4.71. The number of carbonyl (C=O) groups excluding carboxylic acids is 1. The number of halogens is 1. The van der Waals surface area contributed by atoms with Crippen LogP contribution in [0.15, 0.2) is 24.3 Å². The number of para-hydroxylation sites is 2. The molecule has 0 spiro atoms. The van der Waals surface area contributed by atoms with Gasteiger partial charge in [-0.1, -0.05) is 12.1 Å². The van der Waals surface area contributed by atoms with Crippen molar-refractivity contribution in [3.63, 3.8) is 0 Å². The van der Waals surface area contributed by atoms with Crippen molar-refractivity contribution in [2.75, 3.05) is 6.61 Å². The second-order valence-electron chi connectivity index (χ2n) is 6.06. The van der Waals surface area contributed by atoms with E-state index in [0.717, 1.165) is 25.7 Å². The van der Waals surface area contributed by atoms with Gasteiger partial charge in [-0.25, -0.2) is 0 Å². The molecule has 3 aliphatic heterocycles. The Labute approximate surface area is 129 Å². The Morgan fingerprint density at radius 2 is 1.81 bits per heavy atom. The maximum absolute atomic E-state index is 12.8. The zero-order valence-electron chi connectivity index (χ0n) is 11.7. The fourth-order valence-electron chi connectivity index (χ4n) is 3.78. The Morgan fingerprint density at radius 3 is 2.52 bits per heavy atom. The van der Waals surface area contributed by atoms with Gasteiger partial charge in [0.2, 0.25) is 6.10 Å². The predicted octanol–water partition coefficient (Wildman–Crippen LogP) is 2.59. The van der Waals surface area contributed by atoms with Crippen molar-refractivity contribution in [2.24, 2.45) is 0 Å². The van der Waals surface area contributed by atoms with Gasteiger partial charge in [0, 0.05) is 17.5 Å². The van der Waals surface area contributed by atoms with Crippen LogP contribution in [0.4, 0.5) is 0 Å². The molecule has 1 aromatic rings. The molecule has 3 aliphatic rings. The van der Waals surface area contributed by atoms with Gasteiger partial charge in [0.1, 0.15) is 6.61 Å². The average Bonchev–Trinajstić information content (AvgIpc) is 2.78. The minimum Gasteiger partial charge on any atom is -0.485 e. The summed E-state index contributed by atoms with van der Waals surface area (Å²) >= 11 is 6.28. The second kappa shape index (κ2) is 5.09. The first-order valence-corrected chi connectivity index (χ1v) is 8.01. The molecule has 1 amide bonds. The molecule has 4 nitrogen and oxygen atoms in total. The van der Waals surface area contributed by atoms with Gasteiger partial charge in [-0.2, -0.15) is 0 Å². The summed E-state index contributed by atoms with van der Waals surface area (Å²) in [5.41, 5.74) is 0. The molecule has 2 fully saturated rings. The monoisotopic (exact) mass is 307 g/mol. The number of hydrogen-bond donors (Lipinski definition) is 0. The maximum Gasteiger partial charge on any atom is 0.267 e. The highest BCUT2D eigenvalue weighted by atomic mass is 35.5. The van der Waals surface area contributed by atoms with E-state index >= 15 is 0 Å². The zero-order valence-corrected chi connectivity index (χ0v) is 12.5. The van der Waals surface area contributed by atoms with E-state index in [1.54, 1.807) is 0 Å². The molecule has 5 heteroatoms. The lowest BCUT2D eigenvalue weighted by Crippen LogP contribution is -2.54. The molecule has 2 saturated heterocycles. The summed E-state index contributed by atoms with van der Waals surface area (Å²) in [4.78, 5) is 14.8. The lowest BCUT2D eigenvalue weighted by molar-refractivity contribution is -0.145. The SMILES string of the molecule is O=C(C1COc2ccccc2O1)N1C2CCC1CC(Cl)C2. The molecule has 0 saturated carbocycles. The lowest BCUT2D eigenvalue weighted by atomic mass is 10.0. The van der Waals surface area contributed by atoms with Crippen LogP contribution in [0.25, 0.3) is 0 Å². The number of ether oxygens (including phenoxy) is 2. The second-order valence-corrected chi connectivity index (χ2v) is 6.68. The topological polar surface area (TPSA) is 38.8 Å². The van der Waals surface area contributed by atoms with Crippen LogP contribution < -0.4 is 9.47 Å². The minimum absolute atomic E-state index is 0.0561. The van der Waals surface area contributed by atoms with Crippen LogP contribution in [0.3, 0.4) is 0 Å². The van der Waals surface area contributed by atoms with Crippen LogP contribution >= 0.6 is 11.6 Å². The van der Waals surface area contributed by atoms with E-state index in [2.05, 4.69) is 0 Å². The molecule has 112 valence electrons. The van der Waals surface area contributed by atoms with E-state index in [9.17, 15) is 4.79 Å². The Balaban J connectivity index is 1.52. The number of nitrogens with zero attached hydrogens (tertiary/aromatic N) is 1. The highest BCUT2D eigenvalue weighted by Crippen LogP contribution is 2.39. The summed E-state index contributed by atoms with van der Waals surface area (Å²) in [6.45, 7) is 0.288. The molecule has 2 bridgehead atoms. The van der Waals surface area contributed by atoms with Gasteiger partial charge < -0.3 is 14.4 Å². The maximum atomic E-state index is 12.8. The third-order valence-corrected chi connectivity index (χ3v) is 5.07. The van der Waals surface area contributed by atoms with E-state index in [1.165, 1.54) is 0 Å². The number of fused-ring (bicyclic) bond motifs is 3. The summed E-state index contributed by atoms with van der Waals surface area (Å²) in [7, 11) is 0. The van der Waals surface area contributed by atoms with E-state index in [4.69, 9.17) is 21.1 Å². The van der Waals surface area contributed by atoms with Gasteiger partial charge in [-0.05, 0) is 37.8 Å². The van der Waals surface area contributed by atoms with Gasteiger partial charge in [-0.15, -0.1) is 11.6 Å². The normalized spacial score (nSPS) is 33.9. The first kappa shape index (κ1) is 13.3. The number of amides is 1. The van der Waals surface area contributed by atoms with Crippen LogP contribution in [-0.2, 0) is 4.79 Å². The molecule has 0 radical (unpaired) electrons. The molecule has 1 aromatic carbocycles. The predicted molar refractivity (Wildman–Crippen MR) is 78.9 cm³/mol. The molecule has 21 heavy (non-hydrogen) atoms. The smallest absolute Gasteiger partial charge is 0.267 e. The standard InChI is InChI=1S/C16H18ClNO3/c17-10-7-11-5-6-12(8-10)18(11)16(19)15-9-20-13-3-1-2-4-14(13)21-15/h1-4,10-12,15H,5-9H2. The molecule has 0 N–H and O–H groups in total. The highest BCUT2D eigenvalue weighted by molar-refractivity contribution is 6.20. The Morgan fingerprint density at radius 1 is 1.14 bits per heavy atom. The van der Waals surface area contributed by atoms with Gasteiger partial charge in [-0.3, -0.25) is 4.79 Å². The van der Waals surface area contributed by atoms with E-state index in [1.807, 2.05) is 29.2 Å². The Bertz CT molecular complexity index is 550. The average molecular weight is 308 g/mol. The van der Waals surface area contributed by atoms with Crippen LogP contribution in [0.2, 0.25) is 0 Å². The number of hydrogen-bond acceptors (Lipinski definition) is 3. The molecular formula is C16H18ClNO3. The summed E-state index contributed by atoms with van der Waals surface area (Å²) in [5, 5.41) is 0.204. The van der Waals surface area contributed by atoms with Crippen molar-refractivity contribution in [1.29, 1.82) is 0 Å². The van der Waals surface area contributed by atoms with Crippen LogP contribution in [0, 0.1) is 0 Å². The summed E-state index contributed by atoms with van der Waals surface area (Å²) in [6.07, 6.45) is 3.38. The Hall–Kier alpha value is -1.42. The molecular weight excluding hydrogens is 290 g/mol. The van der Waals surface area contributed by atoms with Crippen molar-refractivity contribution < 1.29 is 14.3 Å². The van der Waals surface area contributed by atoms with Gasteiger partial charge in [0.25, 0.3) is 5.91 Å². The first-order valence-electron chi connectivity index (χ1n) is 7.57. The lowest BCUT2D eigenvalue weighted by Gasteiger charge is -2.39. The summed E-state index contributed by atoms with van der Waals surface area (Å²) in [5.74, 6) is 1.42. The summed E-state index contributed by atoms with van der Waals surface area (Å²) < 4.78 is 11.5. The first-order chi connectivity index (χ1) is 10.2.